The maximum atomic E-state index is 5.83. The smallest absolute Gasteiger partial charge is 0.222 e. The summed E-state index contributed by atoms with van der Waals surface area (Å²) in [6.45, 7) is 0.734. The number of tetrazole rings is 1. The first-order chi connectivity index (χ1) is 10.6. The molecule has 0 spiro atoms. The van der Waals surface area contributed by atoms with Crippen LogP contribution in [0.1, 0.15) is 24.5 Å². The van der Waals surface area contributed by atoms with Crippen LogP contribution in [-0.2, 0) is 7.05 Å². The van der Waals surface area contributed by atoms with E-state index in [2.05, 4.69) is 30.8 Å². The van der Waals surface area contributed by atoms with Crippen LogP contribution in [0.5, 0.6) is 0 Å². The molecule has 0 amide bonds. The largest absolute Gasteiger partial charge is 0.369 e. The first-order valence-electron chi connectivity index (χ1n) is 7.11. The van der Waals surface area contributed by atoms with Crippen LogP contribution >= 0.6 is 36.6 Å². The van der Waals surface area contributed by atoms with Crippen LogP contribution in [-0.4, -0.2) is 48.5 Å². The second-order valence-corrected chi connectivity index (χ2v) is 6.39. The van der Waals surface area contributed by atoms with Gasteiger partial charge in [-0.3, -0.25) is 0 Å². The molecule has 0 atom stereocenters. The van der Waals surface area contributed by atoms with Gasteiger partial charge in [-0.2, -0.15) is 4.98 Å². The van der Waals surface area contributed by atoms with Gasteiger partial charge in [0.2, 0.25) is 11.1 Å². The van der Waals surface area contributed by atoms with E-state index >= 15 is 0 Å². The molecule has 2 aromatic heterocycles. The van der Waals surface area contributed by atoms with Gasteiger partial charge in [-0.25, -0.2) is 9.67 Å². The Kier molecular flexibility index (Phi) is 7.94. The summed E-state index contributed by atoms with van der Waals surface area (Å²) in [7, 11) is 1.82. The Balaban J connectivity index is 0.00000144. The molecule has 0 radical (unpaired) electrons. The predicted molar refractivity (Wildman–Crippen MR) is 98.9 cm³/mol. The minimum absolute atomic E-state index is 0. The van der Waals surface area contributed by atoms with E-state index in [9.17, 15) is 0 Å². The van der Waals surface area contributed by atoms with Gasteiger partial charge in [-0.05, 0) is 23.3 Å². The van der Waals surface area contributed by atoms with Crippen molar-refractivity contribution in [3.05, 3.63) is 11.8 Å². The number of nitrogen functional groups attached to an aromatic ring is 1. The number of hydrogen-bond donors (Lipinski definition) is 3. The van der Waals surface area contributed by atoms with Gasteiger partial charge in [0.05, 0.1) is 5.69 Å². The molecule has 0 unspecified atom stereocenters. The molecular formula is C12H21Cl2N9S. The van der Waals surface area contributed by atoms with Crippen molar-refractivity contribution in [3.8, 4) is 0 Å². The molecule has 134 valence electrons. The second kappa shape index (κ2) is 9.21. The average Bonchev–Trinajstić information content (AvgIpc) is 2.85. The van der Waals surface area contributed by atoms with Crippen molar-refractivity contribution in [2.24, 2.45) is 12.8 Å². The molecule has 2 heterocycles. The third-order valence-electron chi connectivity index (χ3n) is 3.58. The van der Waals surface area contributed by atoms with Gasteiger partial charge in [0.15, 0.2) is 0 Å². The van der Waals surface area contributed by atoms with Gasteiger partial charge < -0.3 is 16.8 Å². The molecule has 1 aliphatic carbocycles. The van der Waals surface area contributed by atoms with E-state index in [0.717, 1.165) is 41.8 Å². The molecule has 12 heteroatoms. The number of aromatic nitrogens is 6. The van der Waals surface area contributed by atoms with E-state index in [4.69, 9.17) is 11.5 Å². The zero-order chi connectivity index (χ0) is 15.5. The average molecular weight is 394 g/mol. The highest BCUT2D eigenvalue weighted by Gasteiger charge is 2.29. The molecule has 0 aliphatic heterocycles. The van der Waals surface area contributed by atoms with E-state index in [-0.39, 0.29) is 30.9 Å². The molecule has 0 aromatic carbocycles. The lowest BCUT2D eigenvalue weighted by atomic mass is 9.78. The number of thioether (sulfide) groups is 1. The number of nitrogens with two attached hydrogens (primary N) is 2. The molecular weight excluding hydrogens is 373 g/mol. The Morgan fingerprint density at radius 3 is 2.71 bits per heavy atom. The van der Waals surface area contributed by atoms with Gasteiger partial charge in [0.25, 0.3) is 0 Å². The molecule has 24 heavy (non-hydrogen) atoms. The molecule has 1 saturated carbocycles. The summed E-state index contributed by atoms with van der Waals surface area (Å²) in [4.78, 5) is 8.52. The third-order valence-corrected chi connectivity index (χ3v) is 4.59. The van der Waals surface area contributed by atoms with Crippen molar-refractivity contribution in [1.82, 2.24) is 30.2 Å². The predicted octanol–water partition coefficient (Wildman–Crippen LogP) is 0.835. The quantitative estimate of drug-likeness (QED) is 0.481. The third kappa shape index (κ3) is 5.07. The molecule has 1 fully saturated rings. The Morgan fingerprint density at radius 2 is 2.08 bits per heavy atom. The zero-order valence-corrected chi connectivity index (χ0v) is 15.6. The lowest BCUT2D eigenvalue weighted by Crippen LogP contribution is -2.35. The maximum absolute atomic E-state index is 5.83. The minimum atomic E-state index is 0. The molecule has 2 aromatic rings. The lowest BCUT2D eigenvalue weighted by molar-refractivity contribution is 0.345. The van der Waals surface area contributed by atoms with E-state index in [1.165, 1.54) is 0 Å². The number of hydrogen-bond acceptors (Lipinski definition) is 9. The fourth-order valence-corrected chi connectivity index (χ4v) is 3.06. The monoisotopic (exact) mass is 393 g/mol. The standard InChI is InChI=1S/C12H19N9S.2ClH/c1-21-12(18-19-20-21)22-3-2-15-10-6-9(16-11(14)17-10)7-4-8(13)5-7;;/h6-8H,2-5,13H2,1H3,(H3,14,15,16,17);2*1H. The summed E-state index contributed by atoms with van der Waals surface area (Å²) < 4.78 is 1.64. The molecule has 9 nitrogen and oxygen atoms in total. The summed E-state index contributed by atoms with van der Waals surface area (Å²) in [6, 6.07) is 2.25. The lowest BCUT2D eigenvalue weighted by Gasteiger charge is -2.32. The number of halogens is 2. The number of aryl methyl sites for hydroxylation is 1. The Bertz CT molecular complexity index is 647. The SMILES string of the molecule is Cl.Cl.Cn1nnnc1SCCNc1cc(C2CC(N)C2)nc(N)n1. The van der Waals surface area contributed by atoms with Crippen molar-refractivity contribution in [2.45, 2.75) is 30.0 Å². The molecule has 1 aliphatic rings. The fourth-order valence-electron chi connectivity index (χ4n) is 2.35. The van der Waals surface area contributed by atoms with Crippen LogP contribution in [0.15, 0.2) is 11.2 Å². The second-order valence-electron chi connectivity index (χ2n) is 5.32. The van der Waals surface area contributed by atoms with Crippen molar-refractivity contribution >= 4 is 48.3 Å². The van der Waals surface area contributed by atoms with E-state index in [0.29, 0.717) is 11.9 Å². The summed E-state index contributed by atoms with van der Waals surface area (Å²) in [5.74, 6) is 2.27. The summed E-state index contributed by atoms with van der Waals surface area (Å²) in [5, 5.41) is 15.3. The van der Waals surface area contributed by atoms with Gasteiger partial charge in [-0.1, -0.05) is 11.8 Å². The molecule has 0 saturated heterocycles. The van der Waals surface area contributed by atoms with E-state index in [1.807, 2.05) is 13.1 Å². The van der Waals surface area contributed by atoms with Crippen LogP contribution in [0.25, 0.3) is 0 Å². The van der Waals surface area contributed by atoms with Crippen LogP contribution in [0.3, 0.4) is 0 Å². The molecule has 3 rings (SSSR count). The number of nitrogens with one attached hydrogen (secondary N) is 1. The van der Waals surface area contributed by atoms with Gasteiger partial charge in [0, 0.05) is 37.4 Å². The number of nitrogens with zero attached hydrogens (tertiary/aromatic N) is 6. The first kappa shape index (κ1) is 20.7. The number of rotatable bonds is 6. The van der Waals surface area contributed by atoms with Gasteiger partial charge >= 0.3 is 0 Å². The molecule has 0 bridgehead atoms. The summed E-state index contributed by atoms with van der Waals surface area (Å²) in [6.07, 6.45) is 1.93. The van der Waals surface area contributed by atoms with Crippen LogP contribution < -0.4 is 16.8 Å². The highest BCUT2D eigenvalue weighted by molar-refractivity contribution is 7.99. The van der Waals surface area contributed by atoms with Crippen molar-refractivity contribution < 1.29 is 0 Å². The number of anilines is 2. The zero-order valence-electron chi connectivity index (χ0n) is 13.1. The Hall–Kier alpha value is -1.36. The highest BCUT2D eigenvalue weighted by Crippen LogP contribution is 2.35. The van der Waals surface area contributed by atoms with Crippen molar-refractivity contribution in [3.63, 3.8) is 0 Å². The van der Waals surface area contributed by atoms with Crippen molar-refractivity contribution in [1.29, 1.82) is 0 Å². The summed E-state index contributed by atoms with van der Waals surface area (Å²) in [5.41, 5.74) is 12.6. The van der Waals surface area contributed by atoms with Crippen LogP contribution in [0.2, 0.25) is 0 Å². The topological polar surface area (TPSA) is 133 Å². The van der Waals surface area contributed by atoms with Crippen LogP contribution in [0, 0.1) is 0 Å². The normalized spacial score (nSPS) is 18.9. The maximum Gasteiger partial charge on any atom is 0.222 e. The Labute approximate surface area is 156 Å². The highest BCUT2D eigenvalue weighted by atomic mass is 35.5. The van der Waals surface area contributed by atoms with Crippen molar-refractivity contribution in [2.75, 3.05) is 23.3 Å². The van der Waals surface area contributed by atoms with Gasteiger partial charge in [-0.15, -0.1) is 29.9 Å². The Morgan fingerprint density at radius 1 is 1.33 bits per heavy atom. The first-order valence-corrected chi connectivity index (χ1v) is 8.09. The summed E-state index contributed by atoms with van der Waals surface area (Å²) >= 11 is 1.58. The van der Waals surface area contributed by atoms with Crippen LogP contribution in [0.4, 0.5) is 11.8 Å². The van der Waals surface area contributed by atoms with Gasteiger partial charge in [0.1, 0.15) is 5.82 Å². The minimum Gasteiger partial charge on any atom is -0.369 e. The van der Waals surface area contributed by atoms with E-state index < -0.39 is 0 Å². The fraction of sp³-hybridized carbons (Fsp3) is 0.583. The van der Waals surface area contributed by atoms with E-state index in [1.54, 1.807) is 16.4 Å². The molecule has 5 N–H and O–H groups in total.